The van der Waals surface area contributed by atoms with Crippen molar-refractivity contribution in [2.45, 2.75) is 6.18 Å². The number of aliphatic hydroxyl groups excluding tert-OH is 1. The third kappa shape index (κ3) is 4.34. The van der Waals surface area contributed by atoms with Gasteiger partial charge in [0.1, 0.15) is 5.69 Å². The molecule has 0 aliphatic rings. The number of carbonyl (C=O) groups excluding carboxylic acids is 1. The van der Waals surface area contributed by atoms with Gasteiger partial charge in [0.25, 0.3) is 5.78 Å². The fraction of sp³-hybridized carbons (Fsp3) is 0.0714. The number of thiophene rings is 1. The predicted octanol–water partition coefficient (Wildman–Crippen LogP) is 6.20. The van der Waals surface area contributed by atoms with Crippen molar-refractivity contribution in [2.75, 3.05) is 0 Å². The van der Waals surface area contributed by atoms with E-state index in [9.17, 15) is 23.1 Å². The molecule has 0 spiro atoms. The summed E-state index contributed by atoms with van der Waals surface area (Å²) in [7, 11) is 0. The van der Waals surface area contributed by atoms with Crippen LogP contribution in [0.5, 0.6) is 0 Å². The monoisotopic (exact) mass is 394 g/mol. The molecule has 0 aliphatic heterocycles. The second-order valence-corrected chi connectivity index (χ2v) is 6.09. The zero-order valence-electron chi connectivity index (χ0n) is 11.5. The molecule has 4 nitrogen and oxygen atoms in total. The van der Waals surface area contributed by atoms with Crippen LogP contribution in [-0.2, 0) is 4.79 Å². The van der Waals surface area contributed by atoms with Crippen molar-refractivity contribution in [1.29, 1.82) is 0 Å². The highest BCUT2D eigenvalue weighted by atomic mass is 35.5. The number of Topliss-reactive ketones (excluding diaryl/α,β-unsaturated/α-hetero) is 1. The van der Waals surface area contributed by atoms with Crippen LogP contribution in [0.1, 0.15) is 4.88 Å². The number of ketones is 1. The Balaban J connectivity index is 2.49. The van der Waals surface area contributed by atoms with E-state index in [1.807, 2.05) is 0 Å². The number of allylic oxidation sites excluding steroid dienone is 1. The zero-order valence-corrected chi connectivity index (χ0v) is 13.8. The maximum Gasteiger partial charge on any atom is 0.456 e. The van der Waals surface area contributed by atoms with Gasteiger partial charge in [0.15, 0.2) is 11.5 Å². The molecule has 0 bridgehead atoms. The number of halogens is 5. The summed E-state index contributed by atoms with van der Waals surface area (Å²) >= 11 is 12.5. The minimum absolute atomic E-state index is 0.00693. The van der Waals surface area contributed by atoms with Crippen LogP contribution in [0, 0.1) is 0 Å². The molecule has 0 unspecified atom stereocenters. The SMILES string of the molecule is O=C(C(N=Nc1ccc(Cl)cc1Cl)=C(O)c1cccs1)C(F)(F)F. The number of hydrogen-bond acceptors (Lipinski definition) is 5. The van der Waals surface area contributed by atoms with Crippen molar-refractivity contribution in [3.63, 3.8) is 0 Å². The molecule has 126 valence electrons. The topological polar surface area (TPSA) is 62.0 Å². The standard InChI is InChI=1S/C14H7Cl2F3N2O2S/c15-7-3-4-9(8(16)6-7)20-21-11(13(23)14(17,18)19)12(22)10-2-1-5-24-10/h1-6,22H. The van der Waals surface area contributed by atoms with Gasteiger partial charge in [0.2, 0.25) is 0 Å². The van der Waals surface area contributed by atoms with Crippen LogP contribution in [0.25, 0.3) is 5.76 Å². The van der Waals surface area contributed by atoms with Crippen molar-refractivity contribution in [3.05, 3.63) is 56.3 Å². The Morgan fingerprint density at radius 1 is 1.21 bits per heavy atom. The third-order valence-electron chi connectivity index (χ3n) is 2.62. The quantitative estimate of drug-likeness (QED) is 0.381. The molecule has 0 fully saturated rings. The van der Waals surface area contributed by atoms with Crippen LogP contribution in [0.4, 0.5) is 18.9 Å². The van der Waals surface area contributed by atoms with Crippen LogP contribution in [0.15, 0.2) is 51.6 Å². The molecular formula is C14H7Cl2F3N2O2S. The van der Waals surface area contributed by atoms with Gasteiger partial charge >= 0.3 is 6.18 Å². The third-order valence-corrected chi connectivity index (χ3v) is 4.03. The van der Waals surface area contributed by atoms with Gasteiger partial charge < -0.3 is 5.11 Å². The summed E-state index contributed by atoms with van der Waals surface area (Å²) in [6.07, 6.45) is -5.22. The predicted molar refractivity (Wildman–Crippen MR) is 85.9 cm³/mol. The normalized spacial score (nSPS) is 13.2. The largest absolute Gasteiger partial charge is 0.504 e. The van der Waals surface area contributed by atoms with Gasteiger partial charge in [0, 0.05) is 5.02 Å². The highest BCUT2D eigenvalue weighted by Crippen LogP contribution is 2.32. The van der Waals surface area contributed by atoms with Crippen LogP contribution >= 0.6 is 34.5 Å². The van der Waals surface area contributed by atoms with Crippen LogP contribution in [0.2, 0.25) is 10.0 Å². The summed E-state index contributed by atoms with van der Waals surface area (Å²) in [6.45, 7) is 0. The van der Waals surface area contributed by atoms with Crippen LogP contribution in [-0.4, -0.2) is 17.1 Å². The lowest BCUT2D eigenvalue weighted by atomic mass is 10.2. The molecule has 1 N–H and O–H groups in total. The maximum atomic E-state index is 12.7. The molecule has 1 heterocycles. The fourth-order valence-electron chi connectivity index (χ4n) is 1.53. The Bertz CT molecular complexity index is 818. The van der Waals surface area contributed by atoms with Crippen molar-refractivity contribution in [3.8, 4) is 0 Å². The average molecular weight is 395 g/mol. The lowest BCUT2D eigenvalue weighted by Gasteiger charge is -2.07. The van der Waals surface area contributed by atoms with Gasteiger partial charge in [-0.05, 0) is 29.6 Å². The van der Waals surface area contributed by atoms with E-state index in [0.717, 1.165) is 11.3 Å². The number of carbonyl (C=O) groups is 1. The number of azo groups is 1. The highest BCUT2D eigenvalue weighted by molar-refractivity contribution is 7.11. The van der Waals surface area contributed by atoms with E-state index in [2.05, 4.69) is 10.2 Å². The Kier molecular flexibility index (Phi) is 5.63. The van der Waals surface area contributed by atoms with Gasteiger partial charge in [-0.1, -0.05) is 29.3 Å². The van der Waals surface area contributed by atoms with E-state index >= 15 is 0 Å². The highest BCUT2D eigenvalue weighted by Gasteiger charge is 2.43. The van der Waals surface area contributed by atoms with Gasteiger partial charge in [-0.2, -0.15) is 13.2 Å². The summed E-state index contributed by atoms with van der Waals surface area (Å²) < 4.78 is 38.2. The van der Waals surface area contributed by atoms with Crippen molar-refractivity contribution >= 4 is 51.8 Å². The molecule has 0 atom stereocenters. The van der Waals surface area contributed by atoms with Crippen LogP contribution in [0.3, 0.4) is 0 Å². The molecule has 0 saturated carbocycles. The lowest BCUT2D eigenvalue weighted by molar-refractivity contribution is -0.166. The first-order chi connectivity index (χ1) is 11.2. The first kappa shape index (κ1) is 18.4. The molecule has 10 heteroatoms. The van der Waals surface area contributed by atoms with Crippen molar-refractivity contribution < 1.29 is 23.1 Å². The smallest absolute Gasteiger partial charge is 0.456 e. The Morgan fingerprint density at radius 2 is 1.92 bits per heavy atom. The second-order valence-electron chi connectivity index (χ2n) is 4.30. The van der Waals surface area contributed by atoms with E-state index < -0.39 is 23.4 Å². The molecule has 2 rings (SSSR count). The first-order valence-electron chi connectivity index (χ1n) is 6.15. The molecule has 0 aliphatic carbocycles. The number of hydrogen-bond donors (Lipinski definition) is 1. The molecule has 2 aromatic rings. The van der Waals surface area contributed by atoms with Gasteiger partial charge in [-0.3, -0.25) is 4.79 Å². The van der Waals surface area contributed by atoms with Crippen molar-refractivity contribution in [2.24, 2.45) is 10.2 Å². The zero-order chi connectivity index (χ0) is 17.9. The molecule has 24 heavy (non-hydrogen) atoms. The summed E-state index contributed by atoms with van der Waals surface area (Å²) in [5, 5.41) is 18.6. The van der Waals surface area contributed by atoms with Gasteiger partial charge in [-0.25, -0.2) is 0 Å². The Morgan fingerprint density at radius 3 is 2.46 bits per heavy atom. The summed E-state index contributed by atoms with van der Waals surface area (Å²) in [5.74, 6) is -3.23. The number of nitrogens with zero attached hydrogens (tertiary/aromatic N) is 2. The van der Waals surface area contributed by atoms with E-state index in [0.29, 0.717) is 5.02 Å². The van der Waals surface area contributed by atoms with E-state index in [1.165, 1.54) is 35.7 Å². The lowest BCUT2D eigenvalue weighted by Crippen LogP contribution is -2.24. The Hall–Kier alpha value is -1.90. The van der Waals surface area contributed by atoms with E-state index in [4.69, 9.17) is 23.2 Å². The molecule has 0 saturated heterocycles. The minimum Gasteiger partial charge on any atom is -0.504 e. The van der Waals surface area contributed by atoms with E-state index in [1.54, 1.807) is 0 Å². The number of benzene rings is 1. The number of rotatable bonds is 4. The Labute approximate surface area is 147 Å². The maximum absolute atomic E-state index is 12.7. The van der Waals surface area contributed by atoms with Crippen LogP contribution < -0.4 is 0 Å². The number of alkyl halides is 3. The minimum atomic E-state index is -5.22. The van der Waals surface area contributed by atoms with Crippen molar-refractivity contribution in [1.82, 2.24) is 0 Å². The fourth-order valence-corrected chi connectivity index (χ4v) is 2.65. The first-order valence-corrected chi connectivity index (χ1v) is 7.79. The molecule has 1 aromatic heterocycles. The average Bonchev–Trinajstić information content (AvgIpc) is 3.02. The number of aliphatic hydroxyl groups is 1. The van der Waals surface area contributed by atoms with Gasteiger partial charge in [-0.15, -0.1) is 21.6 Å². The second kappa shape index (κ2) is 7.33. The summed E-state index contributed by atoms with van der Waals surface area (Å²) in [4.78, 5) is 11.6. The van der Waals surface area contributed by atoms with E-state index in [-0.39, 0.29) is 15.6 Å². The molecular weight excluding hydrogens is 388 g/mol. The van der Waals surface area contributed by atoms with Gasteiger partial charge in [0.05, 0.1) is 9.90 Å². The molecule has 0 amide bonds. The summed E-state index contributed by atoms with van der Waals surface area (Å²) in [5.41, 5.74) is -1.23. The molecule has 1 aromatic carbocycles. The molecule has 0 radical (unpaired) electrons. The summed E-state index contributed by atoms with van der Waals surface area (Å²) in [6, 6.07) is 6.86.